The molecule has 0 bridgehead atoms. The summed E-state index contributed by atoms with van der Waals surface area (Å²) in [4.78, 5) is 7.99. The Morgan fingerprint density at radius 1 is 0.781 bits per heavy atom. The van der Waals surface area contributed by atoms with Crippen LogP contribution in [-0.4, -0.2) is 9.97 Å². The molecule has 1 atom stereocenters. The van der Waals surface area contributed by atoms with Crippen molar-refractivity contribution in [2.75, 3.05) is 0 Å². The molecule has 1 unspecified atom stereocenters. The van der Waals surface area contributed by atoms with Gasteiger partial charge in [-0.05, 0) is 85.5 Å². The zero-order valence-electron chi connectivity index (χ0n) is 18.2. The highest BCUT2D eigenvalue weighted by atomic mass is 79.9. The highest BCUT2D eigenvalue weighted by Gasteiger charge is 2.46. The van der Waals surface area contributed by atoms with Crippen LogP contribution >= 0.6 is 31.9 Å². The summed E-state index contributed by atoms with van der Waals surface area (Å²) in [6.07, 6.45) is 11.9. The average Bonchev–Trinajstić information content (AvgIpc) is 3.56. The summed E-state index contributed by atoms with van der Waals surface area (Å²) in [5.41, 5.74) is 9.13. The van der Waals surface area contributed by atoms with Gasteiger partial charge in [0, 0.05) is 53.5 Å². The first-order valence-corrected chi connectivity index (χ1v) is 13.8. The van der Waals surface area contributed by atoms with Crippen molar-refractivity contribution in [2.24, 2.45) is 5.92 Å². The predicted octanol–water partition coefficient (Wildman–Crippen LogP) is 8.86. The quantitative estimate of drug-likeness (QED) is 0.237. The van der Waals surface area contributed by atoms with Gasteiger partial charge in [-0.2, -0.15) is 0 Å². The Hall–Kier alpha value is -1.52. The molecule has 7 rings (SSSR count). The molecule has 2 N–H and O–H groups in total. The van der Waals surface area contributed by atoms with Crippen LogP contribution in [0.15, 0.2) is 45.3 Å². The van der Waals surface area contributed by atoms with E-state index in [0.29, 0.717) is 5.92 Å². The van der Waals surface area contributed by atoms with Crippen LogP contribution in [0.4, 0.5) is 0 Å². The first-order valence-electron chi connectivity index (χ1n) is 12.2. The molecule has 2 aromatic carbocycles. The number of nitrogens with one attached hydrogen (secondary N) is 2. The summed E-state index contributed by atoms with van der Waals surface area (Å²) < 4.78 is 2.37. The molecule has 0 aliphatic heterocycles. The Kier molecular flexibility index (Phi) is 4.50. The number of halogens is 2. The van der Waals surface area contributed by atoms with E-state index in [9.17, 15) is 0 Å². The van der Waals surface area contributed by atoms with Crippen molar-refractivity contribution in [3.05, 3.63) is 67.9 Å². The molecule has 3 aliphatic rings. The van der Waals surface area contributed by atoms with E-state index in [1.807, 2.05) is 0 Å². The van der Waals surface area contributed by atoms with Crippen molar-refractivity contribution in [1.82, 2.24) is 9.97 Å². The highest BCUT2D eigenvalue weighted by molar-refractivity contribution is 9.10. The van der Waals surface area contributed by atoms with Crippen molar-refractivity contribution in [2.45, 2.75) is 69.1 Å². The third-order valence-corrected chi connectivity index (χ3v) is 9.79. The van der Waals surface area contributed by atoms with Crippen molar-refractivity contribution in [1.29, 1.82) is 0 Å². The van der Waals surface area contributed by atoms with Gasteiger partial charge < -0.3 is 9.97 Å². The Morgan fingerprint density at radius 2 is 1.44 bits per heavy atom. The molecule has 2 heterocycles. The fourth-order valence-electron chi connectivity index (χ4n) is 7.43. The Bertz CT molecular complexity index is 1350. The van der Waals surface area contributed by atoms with Crippen molar-refractivity contribution < 1.29 is 0 Å². The van der Waals surface area contributed by atoms with Crippen molar-refractivity contribution in [3.8, 4) is 0 Å². The van der Waals surface area contributed by atoms with Crippen molar-refractivity contribution >= 4 is 53.7 Å². The van der Waals surface area contributed by atoms with Gasteiger partial charge in [-0.15, -0.1) is 0 Å². The van der Waals surface area contributed by atoms with Crippen molar-refractivity contribution in [3.63, 3.8) is 0 Å². The minimum Gasteiger partial charge on any atom is -0.358 e. The zero-order valence-corrected chi connectivity index (χ0v) is 21.4. The van der Waals surface area contributed by atoms with Gasteiger partial charge in [-0.25, -0.2) is 0 Å². The molecular formula is C28H28Br2N2. The van der Waals surface area contributed by atoms with Gasteiger partial charge in [0.15, 0.2) is 0 Å². The smallest absolute Gasteiger partial charge is 0.0460 e. The Balaban J connectivity index is 1.60. The van der Waals surface area contributed by atoms with E-state index in [2.05, 4.69) is 78.2 Å². The fraction of sp³-hybridized carbons (Fsp3) is 0.429. The average molecular weight is 552 g/mol. The van der Waals surface area contributed by atoms with E-state index in [0.717, 1.165) is 12.3 Å². The number of hydrogen-bond donors (Lipinski definition) is 2. The van der Waals surface area contributed by atoms with Gasteiger partial charge >= 0.3 is 0 Å². The largest absolute Gasteiger partial charge is 0.358 e. The number of aromatic amines is 2. The molecule has 32 heavy (non-hydrogen) atoms. The number of rotatable bonds is 1. The third kappa shape index (κ3) is 2.81. The first-order chi connectivity index (χ1) is 15.6. The number of hydrogen-bond acceptors (Lipinski definition) is 0. The Morgan fingerprint density at radius 3 is 2.16 bits per heavy atom. The third-order valence-electron chi connectivity index (χ3n) is 8.80. The van der Waals surface area contributed by atoms with Gasteiger partial charge in [-0.1, -0.05) is 57.5 Å². The molecule has 0 amide bonds. The molecule has 2 saturated carbocycles. The molecule has 2 aromatic heterocycles. The van der Waals surface area contributed by atoms with Crippen LogP contribution < -0.4 is 0 Å². The van der Waals surface area contributed by atoms with Crippen LogP contribution in [-0.2, 0) is 11.8 Å². The first kappa shape index (κ1) is 19.9. The van der Waals surface area contributed by atoms with Crippen LogP contribution in [0.25, 0.3) is 21.8 Å². The molecule has 2 fully saturated rings. The number of fused-ring (bicyclic) bond motifs is 7. The maximum atomic E-state index is 4.01. The Labute approximate surface area is 205 Å². The van der Waals surface area contributed by atoms with E-state index < -0.39 is 0 Å². The topological polar surface area (TPSA) is 31.6 Å². The monoisotopic (exact) mass is 550 g/mol. The van der Waals surface area contributed by atoms with E-state index >= 15 is 0 Å². The number of aromatic nitrogens is 2. The van der Waals surface area contributed by atoms with Crippen LogP contribution in [0.3, 0.4) is 0 Å². The SMILES string of the molecule is Brc1ccc2[nH]c3c(c2c1)CC1(CCCC1)c1[nH]c2ccc(Br)cc2c1C3C1CCCC1. The lowest BCUT2D eigenvalue weighted by Crippen LogP contribution is -2.26. The van der Waals surface area contributed by atoms with Crippen LogP contribution in [0.1, 0.15) is 79.8 Å². The second-order valence-corrected chi connectivity index (χ2v) is 12.3. The van der Waals surface area contributed by atoms with Crippen LogP contribution in [0.5, 0.6) is 0 Å². The normalized spacial score (nSPS) is 22.6. The summed E-state index contributed by atoms with van der Waals surface area (Å²) in [7, 11) is 0. The number of H-pyrrole nitrogens is 2. The second kappa shape index (κ2) is 7.24. The zero-order chi connectivity index (χ0) is 21.4. The van der Waals surface area contributed by atoms with Gasteiger partial charge in [0.1, 0.15) is 0 Å². The molecule has 4 heteroatoms. The summed E-state index contributed by atoms with van der Waals surface area (Å²) >= 11 is 7.54. The van der Waals surface area contributed by atoms with Crippen LogP contribution in [0.2, 0.25) is 0 Å². The maximum Gasteiger partial charge on any atom is 0.0460 e. The van der Waals surface area contributed by atoms with E-state index in [1.165, 1.54) is 87.8 Å². The molecule has 3 aliphatic carbocycles. The summed E-state index contributed by atoms with van der Waals surface area (Å²) in [5.74, 6) is 1.18. The fourth-order valence-corrected chi connectivity index (χ4v) is 8.16. The summed E-state index contributed by atoms with van der Waals surface area (Å²) in [6, 6.07) is 13.7. The minimum absolute atomic E-state index is 0.236. The molecule has 2 nitrogen and oxygen atoms in total. The summed E-state index contributed by atoms with van der Waals surface area (Å²) in [5, 5.41) is 2.87. The standard InChI is InChI=1S/C28H28Br2N2/c29-17-7-9-22-19(13-17)21-15-28(11-3-4-12-28)27-25(20-14-18(30)8-10-23(20)32-27)24(26(21)31-22)16-5-1-2-6-16/h7-10,13-14,16,24,31-32H,1-6,11-12,15H2. The van der Waals surface area contributed by atoms with Gasteiger partial charge in [-0.3, -0.25) is 0 Å². The molecule has 164 valence electrons. The van der Waals surface area contributed by atoms with Gasteiger partial charge in [0.05, 0.1) is 0 Å². The molecular weight excluding hydrogens is 524 g/mol. The minimum atomic E-state index is 0.236. The second-order valence-electron chi connectivity index (χ2n) is 10.5. The molecule has 4 aromatic rings. The van der Waals surface area contributed by atoms with E-state index in [-0.39, 0.29) is 5.41 Å². The number of benzene rings is 2. The summed E-state index contributed by atoms with van der Waals surface area (Å²) in [6.45, 7) is 0. The lowest BCUT2D eigenvalue weighted by molar-refractivity contribution is 0.426. The molecule has 1 spiro atoms. The lowest BCUT2D eigenvalue weighted by atomic mass is 9.75. The van der Waals surface area contributed by atoms with E-state index in [1.54, 1.807) is 16.8 Å². The highest BCUT2D eigenvalue weighted by Crippen LogP contribution is 2.56. The molecule has 0 radical (unpaired) electrons. The van der Waals surface area contributed by atoms with E-state index in [4.69, 9.17) is 0 Å². The van der Waals surface area contributed by atoms with Crippen LogP contribution in [0, 0.1) is 5.92 Å². The van der Waals surface area contributed by atoms with Gasteiger partial charge in [0.2, 0.25) is 0 Å². The van der Waals surface area contributed by atoms with Gasteiger partial charge in [0.25, 0.3) is 0 Å². The maximum absolute atomic E-state index is 4.01. The lowest BCUT2D eigenvalue weighted by Gasteiger charge is -2.29. The molecule has 0 saturated heterocycles. The predicted molar refractivity (Wildman–Crippen MR) is 140 cm³/mol.